The van der Waals surface area contributed by atoms with Gasteiger partial charge in [0.15, 0.2) is 0 Å². The third-order valence-electron chi connectivity index (χ3n) is 2.38. The monoisotopic (exact) mass is 254 g/mol. The van der Waals surface area contributed by atoms with E-state index in [1.807, 2.05) is 19.1 Å². The molecular weight excluding hydrogens is 236 g/mol. The van der Waals surface area contributed by atoms with Crippen LogP contribution >= 0.6 is 0 Å². The number of primary amides is 1. The maximum atomic E-state index is 11.0. The normalized spacial score (nSPS) is 14.2. The predicted molar refractivity (Wildman–Crippen MR) is 70.2 cm³/mol. The molecule has 1 amide bonds. The summed E-state index contributed by atoms with van der Waals surface area (Å²) in [4.78, 5) is 10.9. The van der Waals surface area contributed by atoms with Crippen LogP contribution < -0.4 is 11.1 Å². The molecule has 1 rings (SSSR count). The van der Waals surface area contributed by atoms with E-state index in [0.29, 0.717) is 17.9 Å². The van der Waals surface area contributed by atoms with Gasteiger partial charge >= 0.3 is 0 Å². The van der Waals surface area contributed by atoms with Crippen molar-refractivity contribution in [1.29, 1.82) is 0 Å². The average molecular weight is 254 g/mol. The molecule has 5 heteroatoms. The number of rotatable bonds is 6. The molecule has 2 atom stereocenters. The van der Waals surface area contributed by atoms with Crippen molar-refractivity contribution in [2.24, 2.45) is 5.73 Å². The third kappa shape index (κ3) is 5.10. The van der Waals surface area contributed by atoms with E-state index in [4.69, 9.17) is 5.73 Å². The Morgan fingerprint density at radius 1 is 1.41 bits per heavy atom. The minimum Gasteiger partial charge on any atom is -0.366 e. The van der Waals surface area contributed by atoms with Crippen molar-refractivity contribution in [2.45, 2.75) is 19.5 Å². The quantitative estimate of drug-likeness (QED) is 0.782. The summed E-state index contributed by atoms with van der Waals surface area (Å²) in [6, 6.07) is 7.35. The van der Waals surface area contributed by atoms with Crippen LogP contribution in [0.15, 0.2) is 24.3 Å². The highest BCUT2D eigenvalue weighted by Crippen LogP contribution is 2.04. The molecule has 0 fully saturated rings. The summed E-state index contributed by atoms with van der Waals surface area (Å²) in [5, 5.41) is 3.27. The van der Waals surface area contributed by atoms with Gasteiger partial charge in [0.1, 0.15) is 0 Å². The van der Waals surface area contributed by atoms with Crippen LogP contribution in [0.5, 0.6) is 0 Å². The largest absolute Gasteiger partial charge is 0.366 e. The summed E-state index contributed by atoms with van der Waals surface area (Å²) in [5.74, 6) is 0.221. The Kier molecular flexibility index (Phi) is 5.31. The smallest absolute Gasteiger partial charge is 0.248 e. The Morgan fingerprint density at radius 3 is 2.47 bits per heavy atom. The van der Waals surface area contributed by atoms with E-state index < -0.39 is 16.7 Å². The number of hydrogen-bond acceptors (Lipinski definition) is 3. The van der Waals surface area contributed by atoms with Gasteiger partial charge in [0.2, 0.25) is 5.91 Å². The van der Waals surface area contributed by atoms with Crippen LogP contribution in [0.25, 0.3) is 0 Å². The van der Waals surface area contributed by atoms with Gasteiger partial charge in [-0.3, -0.25) is 9.00 Å². The lowest BCUT2D eigenvalue weighted by molar-refractivity contribution is 0.100. The molecule has 94 valence electrons. The van der Waals surface area contributed by atoms with Gasteiger partial charge in [-0.25, -0.2) is 0 Å². The molecule has 0 aliphatic carbocycles. The van der Waals surface area contributed by atoms with Gasteiger partial charge in [-0.05, 0) is 24.6 Å². The zero-order valence-corrected chi connectivity index (χ0v) is 10.9. The first-order chi connectivity index (χ1) is 7.99. The van der Waals surface area contributed by atoms with Crippen LogP contribution in [0.1, 0.15) is 22.8 Å². The molecule has 4 nitrogen and oxygen atoms in total. The Hall–Kier alpha value is -1.20. The molecule has 0 aromatic heterocycles. The van der Waals surface area contributed by atoms with E-state index in [1.54, 1.807) is 18.4 Å². The lowest BCUT2D eigenvalue weighted by atomic mass is 10.1. The maximum absolute atomic E-state index is 11.0. The number of amides is 1. The summed E-state index contributed by atoms with van der Waals surface area (Å²) in [5.41, 5.74) is 6.74. The molecule has 0 bridgehead atoms. The van der Waals surface area contributed by atoms with Crippen molar-refractivity contribution in [2.75, 3.05) is 12.0 Å². The van der Waals surface area contributed by atoms with Gasteiger partial charge in [0.05, 0.1) is 0 Å². The first kappa shape index (κ1) is 13.9. The van der Waals surface area contributed by atoms with Crippen molar-refractivity contribution in [1.82, 2.24) is 5.32 Å². The molecular formula is C12H18N2O2S. The van der Waals surface area contributed by atoms with Crippen molar-refractivity contribution < 1.29 is 9.00 Å². The number of benzene rings is 1. The van der Waals surface area contributed by atoms with Crippen molar-refractivity contribution >= 4 is 16.7 Å². The number of hydrogen-bond donors (Lipinski definition) is 2. The van der Waals surface area contributed by atoms with Gasteiger partial charge in [0, 0.05) is 41.0 Å². The predicted octanol–water partition coefficient (Wildman–Crippen LogP) is 0.642. The first-order valence-corrected chi connectivity index (χ1v) is 7.14. The molecule has 0 aliphatic heterocycles. The minimum absolute atomic E-state index is 0.205. The Bertz CT molecular complexity index is 403. The van der Waals surface area contributed by atoms with Gasteiger partial charge < -0.3 is 11.1 Å². The Balaban J connectivity index is 2.47. The third-order valence-corrected chi connectivity index (χ3v) is 3.35. The summed E-state index contributed by atoms with van der Waals surface area (Å²) in [6.07, 6.45) is 1.69. The summed E-state index contributed by atoms with van der Waals surface area (Å²) >= 11 is 0. The second-order valence-corrected chi connectivity index (χ2v) is 5.56. The van der Waals surface area contributed by atoms with E-state index in [0.717, 1.165) is 5.56 Å². The van der Waals surface area contributed by atoms with Gasteiger partial charge in [-0.1, -0.05) is 12.1 Å². The summed E-state index contributed by atoms with van der Waals surface area (Å²) < 4.78 is 11.0. The van der Waals surface area contributed by atoms with Crippen LogP contribution in [0.3, 0.4) is 0 Å². The zero-order valence-electron chi connectivity index (χ0n) is 10.1. The molecule has 0 heterocycles. The zero-order chi connectivity index (χ0) is 12.8. The van der Waals surface area contributed by atoms with Crippen molar-refractivity contribution in [3.05, 3.63) is 35.4 Å². The standard InChI is InChI=1S/C12H18N2O2S/c1-9(8-17(2)16)14-7-10-3-5-11(6-4-10)12(13)15/h3-6,9,14H,7-8H2,1-2H3,(H2,13,15). The van der Waals surface area contributed by atoms with Gasteiger partial charge in [-0.2, -0.15) is 0 Å². The van der Waals surface area contributed by atoms with Crippen LogP contribution in [-0.4, -0.2) is 28.2 Å². The lowest BCUT2D eigenvalue weighted by Crippen LogP contribution is -2.30. The topological polar surface area (TPSA) is 72.2 Å². The summed E-state index contributed by atoms with van der Waals surface area (Å²) in [6.45, 7) is 2.69. The van der Waals surface area contributed by atoms with E-state index in [9.17, 15) is 9.00 Å². The molecule has 0 saturated heterocycles. The molecule has 1 aromatic carbocycles. The van der Waals surface area contributed by atoms with Crippen LogP contribution in [0, 0.1) is 0 Å². The van der Waals surface area contributed by atoms with E-state index in [1.165, 1.54) is 0 Å². The van der Waals surface area contributed by atoms with Crippen molar-refractivity contribution in [3.63, 3.8) is 0 Å². The van der Waals surface area contributed by atoms with E-state index in [2.05, 4.69) is 5.32 Å². The van der Waals surface area contributed by atoms with Crippen molar-refractivity contribution in [3.8, 4) is 0 Å². The molecule has 2 unspecified atom stereocenters. The second-order valence-electron chi connectivity index (χ2n) is 4.08. The first-order valence-electron chi connectivity index (χ1n) is 5.41. The lowest BCUT2D eigenvalue weighted by Gasteiger charge is -2.12. The number of carbonyl (C=O) groups is 1. The van der Waals surface area contributed by atoms with Gasteiger partial charge in [-0.15, -0.1) is 0 Å². The fourth-order valence-electron chi connectivity index (χ4n) is 1.49. The Labute approximate surface area is 104 Å². The maximum Gasteiger partial charge on any atom is 0.248 e. The van der Waals surface area contributed by atoms with E-state index in [-0.39, 0.29) is 6.04 Å². The Morgan fingerprint density at radius 2 is 2.00 bits per heavy atom. The van der Waals surface area contributed by atoms with E-state index >= 15 is 0 Å². The fraction of sp³-hybridized carbons (Fsp3) is 0.417. The highest BCUT2D eigenvalue weighted by molar-refractivity contribution is 7.84. The minimum atomic E-state index is -0.787. The SMILES string of the molecule is CC(CS(C)=O)NCc1ccc(C(N)=O)cc1. The van der Waals surface area contributed by atoms with Crippen LogP contribution in [-0.2, 0) is 17.3 Å². The fourth-order valence-corrected chi connectivity index (χ4v) is 2.31. The van der Waals surface area contributed by atoms with Gasteiger partial charge in [0.25, 0.3) is 0 Å². The molecule has 3 N–H and O–H groups in total. The molecule has 0 radical (unpaired) electrons. The second kappa shape index (κ2) is 6.51. The molecule has 1 aromatic rings. The number of nitrogens with two attached hydrogens (primary N) is 1. The van der Waals surface area contributed by atoms with Crippen LogP contribution in [0.4, 0.5) is 0 Å². The highest BCUT2D eigenvalue weighted by atomic mass is 32.2. The van der Waals surface area contributed by atoms with Crippen LogP contribution in [0.2, 0.25) is 0 Å². The average Bonchev–Trinajstić information content (AvgIpc) is 2.26. The molecule has 17 heavy (non-hydrogen) atoms. The molecule has 0 aliphatic rings. The number of carbonyl (C=O) groups excluding carboxylic acids is 1. The molecule has 0 spiro atoms. The summed E-state index contributed by atoms with van der Waals surface area (Å²) in [7, 11) is -0.787. The highest BCUT2D eigenvalue weighted by Gasteiger charge is 2.04. The number of nitrogens with one attached hydrogen (secondary N) is 1. The molecule has 0 saturated carbocycles.